The van der Waals surface area contributed by atoms with Crippen LogP contribution in [0.15, 0.2) is 60.9 Å². The van der Waals surface area contributed by atoms with Gasteiger partial charge in [-0.25, -0.2) is 35.8 Å². The first-order chi connectivity index (χ1) is 46.1. The van der Waals surface area contributed by atoms with Crippen molar-refractivity contribution < 1.29 is 70.0 Å². The van der Waals surface area contributed by atoms with Crippen LogP contribution in [0.4, 0.5) is 23.0 Å². The molecule has 99 heavy (non-hydrogen) atoms. The van der Waals surface area contributed by atoms with Crippen LogP contribution >= 0.6 is 23.2 Å². The highest BCUT2D eigenvalue weighted by Crippen LogP contribution is 2.38. The number of benzene rings is 2. The Labute approximate surface area is 588 Å². The fourth-order valence-electron chi connectivity index (χ4n) is 12.1. The van der Waals surface area contributed by atoms with E-state index in [1.54, 1.807) is 80.3 Å². The van der Waals surface area contributed by atoms with Crippen LogP contribution < -0.4 is 19.2 Å². The molecule has 10 rings (SSSR count). The van der Waals surface area contributed by atoms with Gasteiger partial charge in [-0.1, -0.05) is 50.9 Å². The Morgan fingerprint density at radius 3 is 1.36 bits per heavy atom. The number of aliphatic hydroxyl groups is 1. The Balaban J connectivity index is 0.000000216. The predicted octanol–water partition coefficient (Wildman–Crippen LogP) is 9.85. The number of aliphatic hydroxyl groups excluding tert-OH is 1. The van der Waals surface area contributed by atoms with Crippen LogP contribution in [-0.4, -0.2) is 177 Å². The van der Waals surface area contributed by atoms with Gasteiger partial charge in [-0.3, -0.25) is 38.2 Å². The maximum atomic E-state index is 13.9. The van der Waals surface area contributed by atoms with Gasteiger partial charge in [-0.05, 0) is 142 Å². The number of esters is 3. The highest BCUT2D eigenvalue weighted by Gasteiger charge is 2.39. The lowest BCUT2D eigenvalue weighted by molar-refractivity contribution is -0.166. The molecule has 2 aromatic carbocycles. The van der Waals surface area contributed by atoms with Gasteiger partial charge in [-0.2, -0.15) is 10.2 Å². The van der Waals surface area contributed by atoms with Crippen molar-refractivity contribution in [2.45, 2.75) is 170 Å². The molecule has 0 unspecified atom stereocenters. The van der Waals surface area contributed by atoms with E-state index in [0.29, 0.717) is 72.7 Å². The number of piperidine rings is 2. The minimum absolute atomic E-state index is 0.0348. The van der Waals surface area contributed by atoms with Crippen LogP contribution in [0.2, 0.25) is 10.0 Å². The van der Waals surface area contributed by atoms with Crippen molar-refractivity contribution >= 4 is 113 Å². The number of sulfonamides is 2. The van der Waals surface area contributed by atoms with Crippen LogP contribution in [0.25, 0.3) is 11.3 Å². The van der Waals surface area contributed by atoms with Crippen LogP contribution in [0.3, 0.4) is 0 Å². The topological polar surface area (TPSA) is 336 Å². The molecular formula is C68H92Cl2N12O15S2. The van der Waals surface area contributed by atoms with Crippen LogP contribution in [-0.2, 0) is 53.4 Å². The Bertz CT molecular complexity index is 4220. The molecule has 4 aliphatic heterocycles. The summed E-state index contributed by atoms with van der Waals surface area (Å²) in [4.78, 5) is 92.5. The lowest BCUT2D eigenvalue weighted by atomic mass is 9.92. The number of nitrogens with zero attached hydrogens (tertiary/aromatic N) is 10. The normalized spacial score (nSPS) is 17.7. The zero-order valence-corrected chi connectivity index (χ0v) is 61.7. The highest BCUT2D eigenvalue weighted by atomic mass is 35.5. The van der Waals surface area contributed by atoms with Crippen LogP contribution in [0.1, 0.15) is 176 Å². The second-order valence-corrected chi connectivity index (χ2v) is 32.9. The third kappa shape index (κ3) is 20.7. The van der Waals surface area contributed by atoms with Crippen molar-refractivity contribution in [1.82, 2.24) is 39.0 Å². The Morgan fingerprint density at radius 1 is 0.606 bits per heavy atom. The summed E-state index contributed by atoms with van der Waals surface area (Å²) in [5, 5.41) is 28.7. The smallest absolute Gasteiger partial charge is 0.310 e. The molecule has 2 amide bonds. The third-order valence-corrected chi connectivity index (χ3v) is 18.6. The molecular weight excluding hydrogens is 1360 g/mol. The maximum Gasteiger partial charge on any atom is 0.310 e. The van der Waals surface area contributed by atoms with Crippen molar-refractivity contribution in [2.24, 2.45) is 23.7 Å². The summed E-state index contributed by atoms with van der Waals surface area (Å²) in [5.41, 5.74) is 4.05. The molecule has 4 saturated heterocycles. The molecule has 4 fully saturated rings. The van der Waals surface area contributed by atoms with E-state index in [4.69, 9.17) is 62.7 Å². The predicted molar refractivity (Wildman–Crippen MR) is 376 cm³/mol. The number of aliphatic carboxylic acids is 1. The first kappa shape index (κ1) is 76.9. The van der Waals surface area contributed by atoms with Gasteiger partial charge in [0.2, 0.25) is 20.0 Å². The summed E-state index contributed by atoms with van der Waals surface area (Å²) in [6, 6.07) is 12.2. The van der Waals surface area contributed by atoms with Crippen LogP contribution in [0.5, 0.6) is 0 Å². The number of nitrogens with one attached hydrogen (secondary N) is 2. The first-order valence-electron chi connectivity index (χ1n) is 33.1. The first-order valence-corrected chi connectivity index (χ1v) is 37.6. The van der Waals surface area contributed by atoms with Gasteiger partial charge in [0, 0.05) is 71.9 Å². The standard InChI is InChI=1S/C34H45ClN6O7S.C23H27ClN6O4S.C11H20O4/c1-20(2)24(15-30(42)48-34(4,5)6)33(44)47-23-18-39(19-23)31-21(3)17-41-29(36-31)16-27(37-41)28-10-8-9-13-40(28)32(43)25-14-22(35)11-12-26(25)38-49(7,45)46;1-14-11-30-21(25-22(14)28-12-16(31)13-28)10-19(26-30)20-5-3-4-8-29(20)23(32)17-9-15(24)6-7-18(17)27-35(2,33)34;1-7(2)8(10(13)14)6-9(12)15-11(3,4)5/h11-12,14,16-17,20,23-24,28,38H,8-10,13,15,18-19H2,1-7H3;6-7,9-11,16,20,27,31H,3-5,8,12-13H2,1-2H3;7-8H,6H2,1-5H3,(H,13,14)/t24-,28-;20-;8-/m000/s1. The Kier molecular flexibility index (Phi) is 24.4. The van der Waals surface area contributed by atoms with Crippen molar-refractivity contribution in [1.29, 1.82) is 0 Å². The van der Waals surface area contributed by atoms with E-state index in [-0.39, 0.29) is 83.3 Å². The second-order valence-electron chi connectivity index (χ2n) is 28.5. The van der Waals surface area contributed by atoms with E-state index >= 15 is 0 Å². The van der Waals surface area contributed by atoms with E-state index in [0.717, 1.165) is 73.1 Å². The van der Waals surface area contributed by atoms with Gasteiger partial charge in [-0.15, -0.1) is 0 Å². The molecule has 0 bridgehead atoms. The zero-order chi connectivity index (χ0) is 73.0. The third-order valence-electron chi connectivity index (χ3n) is 16.9. The number of ether oxygens (including phenoxy) is 3. The van der Waals surface area contributed by atoms with Gasteiger partial charge >= 0.3 is 23.9 Å². The molecule has 0 radical (unpaired) electrons. The number of carbonyl (C=O) groups is 6. The monoisotopic (exact) mass is 1450 g/mol. The molecule has 0 aliphatic carbocycles. The number of aryl methyl sites for hydroxylation is 2. The summed E-state index contributed by atoms with van der Waals surface area (Å²) in [7, 11) is -7.22. The lowest BCUT2D eigenvalue weighted by Gasteiger charge is -2.40. The van der Waals surface area contributed by atoms with E-state index < -0.39 is 67.0 Å². The van der Waals surface area contributed by atoms with Gasteiger partial charge in [0.05, 0.1) is 102 Å². The minimum atomic E-state index is -3.63. The molecule has 0 saturated carbocycles. The Hall–Kier alpha value is -7.86. The van der Waals surface area contributed by atoms with Crippen LogP contribution in [0, 0.1) is 37.5 Å². The number of halogens is 2. The number of rotatable bonds is 19. The quantitative estimate of drug-likeness (QED) is 0.0433. The summed E-state index contributed by atoms with van der Waals surface area (Å²) in [6.07, 6.45) is 9.99. The molecule has 4 aliphatic rings. The number of aromatic nitrogens is 6. The largest absolute Gasteiger partial charge is 0.481 e. The van der Waals surface area contributed by atoms with E-state index in [1.165, 1.54) is 30.3 Å². The fraction of sp³-hybridized carbons (Fsp3) is 0.559. The van der Waals surface area contributed by atoms with Gasteiger partial charge in [0.1, 0.15) is 28.9 Å². The van der Waals surface area contributed by atoms with E-state index in [1.807, 2.05) is 62.0 Å². The number of likely N-dealkylation sites (tertiary alicyclic amines) is 2. The number of β-amino-alcohol motifs (C(OH)–C–C–N with tert-alkyl or cyclic N) is 1. The molecule has 8 heterocycles. The fourth-order valence-corrected chi connectivity index (χ4v) is 13.6. The number of hydrogen-bond acceptors (Lipinski definition) is 20. The molecule has 6 aromatic rings. The maximum absolute atomic E-state index is 13.9. The number of hydrogen-bond donors (Lipinski definition) is 4. The van der Waals surface area contributed by atoms with E-state index in [2.05, 4.69) is 9.44 Å². The summed E-state index contributed by atoms with van der Waals surface area (Å²) in [6.45, 7) is 24.9. The van der Waals surface area contributed by atoms with Crippen molar-refractivity contribution in [3.63, 3.8) is 0 Å². The summed E-state index contributed by atoms with van der Waals surface area (Å²) in [5.74, 6) is -2.75. The summed E-state index contributed by atoms with van der Waals surface area (Å²) >= 11 is 12.4. The van der Waals surface area contributed by atoms with E-state index in [9.17, 15) is 50.7 Å². The van der Waals surface area contributed by atoms with Crippen molar-refractivity contribution in [2.75, 3.05) is 71.0 Å². The number of carboxylic acid groups (broad SMARTS) is 1. The Morgan fingerprint density at radius 2 is 1.00 bits per heavy atom. The summed E-state index contributed by atoms with van der Waals surface area (Å²) < 4.78 is 72.3. The highest BCUT2D eigenvalue weighted by molar-refractivity contribution is 7.92. The molecule has 0 spiro atoms. The number of amides is 2. The second kappa shape index (κ2) is 31.4. The average molecular weight is 1450 g/mol. The average Bonchev–Trinajstić information content (AvgIpc) is 1.70. The van der Waals surface area contributed by atoms with Crippen molar-refractivity contribution in [3.8, 4) is 0 Å². The zero-order valence-electron chi connectivity index (χ0n) is 58.5. The number of carbonyl (C=O) groups excluding carboxylic acids is 5. The number of carboxylic acids is 1. The molecule has 540 valence electrons. The lowest BCUT2D eigenvalue weighted by Crippen LogP contribution is -2.54. The van der Waals surface area contributed by atoms with Gasteiger partial charge in [0.15, 0.2) is 11.3 Å². The van der Waals surface area contributed by atoms with Crippen molar-refractivity contribution in [3.05, 3.63) is 105 Å². The number of anilines is 4. The SMILES string of the molecule is CC(C)[C@H](CC(=O)OC(C)(C)C)C(=O)O.Cc1cn2nc([C@@H]3CCCCN3C(=O)c3cc(Cl)ccc3NS(C)(=O)=O)cc2nc1N1CC(O)C1.Cc1cn2nc([C@@H]3CCCCN3C(=O)c3cc(Cl)ccc3NS(C)(=O)=O)cc2nc1N1CC(OC(=O)[C@@H](CC(=O)OC(C)(C)C)C(C)C)C1. The van der Waals surface area contributed by atoms with Gasteiger partial charge < -0.3 is 44.0 Å². The molecule has 27 nitrogen and oxygen atoms in total. The molecule has 4 atom stereocenters. The number of fused-ring (bicyclic) bond motifs is 2. The minimum Gasteiger partial charge on any atom is -0.481 e. The van der Waals surface area contributed by atoms with Gasteiger partial charge in [0.25, 0.3) is 11.8 Å². The molecule has 4 aromatic heterocycles. The molecule has 4 N–H and O–H groups in total. The molecule has 31 heteroatoms.